The molecule has 15 heavy (non-hydrogen) atoms. The third kappa shape index (κ3) is 2.10. The Balaban J connectivity index is 2.54. The Morgan fingerprint density at radius 2 is 1.80 bits per heavy atom. The number of nitrogen functional groups attached to an aromatic ring is 1. The predicted molar refractivity (Wildman–Crippen MR) is 59.1 cm³/mol. The summed E-state index contributed by atoms with van der Waals surface area (Å²) in [5.74, 6) is 1.05. The van der Waals surface area contributed by atoms with E-state index < -0.39 is 0 Å². The zero-order chi connectivity index (χ0) is 10.8. The number of aromatic nitrogens is 3. The minimum absolute atomic E-state index is 0.473. The highest BCUT2D eigenvalue weighted by molar-refractivity contribution is 5.52. The van der Waals surface area contributed by atoms with Gasteiger partial charge < -0.3 is 5.73 Å². The minimum Gasteiger partial charge on any atom is -0.384 e. The van der Waals surface area contributed by atoms with Gasteiger partial charge in [-0.3, -0.25) is 0 Å². The van der Waals surface area contributed by atoms with Crippen LogP contribution in [0.2, 0.25) is 0 Å². The first kappa shape index (κ1) is 9.58. The summed E-state index contributed by atoms with van der Waals surface area (Å²) in [6, 6.07) is 7.47. The lowest BCUT2D eigenvalue weighted by molar-refractivity contribution is 1.08. The maximum Gasteiger partial charge on any atom is 0.180 e. The van der Waals surface area contributed by atoms with Gasteiger partial charge in [0.25, 0.3) is 0 Å². The average molecular weight is 200 g/mol. The maximum atomic E-state index is 5.66. The molecule has 0 fully saturated rings. The molecule has 0 unspecified atom stereocenters. The van der Waals surface area contributed by atoms with Crippen molar-refractivity contribution in [1.29, 1.82) is 0 Å². The van der Waals surface area contributed by atoms with Gasteiger partial charge in [-0.1, -0.05) is 6.07 Å². The van der Waals surface area contributed by atoms with Gasteiger partial charge in [0.15, 0.2) is 5.82 Å². The lowest BCUT2D eigenvalue weighted by atomic mass is 10.3. The summed E-state index contributed by atoms with van der Waals surface area (Å²) in [7, 11) is 0. The van der Waals surface area contributed by atoms with E-state index in [1.54, 1.807) is 6.07 Å². The standard InChI is InChI=1S/C11H12N4/c1-7-4-3-5-9(13-7)11-14-8(2)6-10(12)15-11/h3-6H,1-2H3,(H2,12,14,15). The van der Waals surface area contributed by atoms with E-state index in [1.165, 1.54) is 0 Å². The van der Waals surface area contributed by atoms with Crippen molar-refractivity contribution in [2.24, 2.45) is 0 Å². The molecule has 0 bridgehead atoms. The van der Waals surface area contributed by atoms with E-state index in [0.29, 0.717) is 11.6 Å². The van der Waals surface area contributed by atoms with Crippen LogP contribution in [0.25, 0.3) is 11.5 Å². The monoisotopic (exact) mass is 200 g/mol. The zero-order valence-corrected chi connectivity index (χ0v) is 8.73. The van der Waals surface area contributed by atoms with Gasteiger partial charge in [0.2, 0.25) is 0 Å². The average Bonchev–Trinajstić information content (AvgIpc) is 2.16. The topological polar surface area (TPSA) is 64.7 Å². The van der Waals surface area contributed by atoms with Crippen molar-refractivity contribution in [3.63, 3.8) is 0 Å². The van der Waals surface area contributed by atoms with Crippen molar-refractivity contribution < 1.29 is 0 Å². The highest BCUT2D eigenvalue weighted by atomic mass is 15.0. The third-order valence-electron chi connectivity index (χ3n) is 1.99. The Morgan fingerprint density at radius 1 is 1.00 bits per heavy atom. The number of rotatable bonds is 1. The van der Waals surface area contributed by atoms with E-state index in [4.69, 9.17) is 5.73 Å². The SMILES string of the molecule is Cc1cccc(-c2nc(C)cc(N)n2)n1. The molecule has 2 aromatic heterocycles. The Kier molecular flexibility index (Phi) is 2.33. The molecular weight excluding hydrogens is 188 g/mol. The predicted octanol–water partition coefficient (Wildman–Crippen LogP) is 1.74. The maximum absolute atomic E-state index is 5.66. The van der Waals surface area contributed by atoms with Crippen molar-refractivity contribution >= 4 is 5.82 Å². The molecule has 0 amide bonds. The molecule has 0 aliphatic rings. The number of hydrogen-bond acceptors (Lipinski definition) is 4. The molecule has 4 heteroatoms. The molecule has 0 aliphatic heterocycles. The molecule has 0 aromatic carbocycles. The normalized spacial score (nSPS) is 10.3. The van der Waals surface area contributed by atoms with Gasteiger partial charge in [0, 0.05) is 17.5 Å². The van der Waals surface area contributed by atoms with Gasteiger partial charge in [0.1, 0.15) is 11.5 Å². The number of nitrogens with two attached hydrogens (primary N) is 1. The Bertz CT molecular complexity index is 473. The molecular formula is C11H12N4. The fourth-order valence-electron chi connectivity index (χ4n) is 1.38. The first-order chi connectivity index (χ1) is 7.15. The van der Waals surface area contributed by atoms with Gasteiger partial charge in [-0.2, -0.15) is 0 Å². The van der Waals surface area contributed by atoms with Gasteiger partial charge in [-0.05, 0) is 26.0 Å². The first-order valence-corrected chi connectivity index (χ1v) is 4.70. The molecule has 0 saturated carbocycles. The number of nitrogens with zero attached hydrogens (tertiary/aromatic N) is 3. The Morgan fingerprint density at radius 3 is 2.47 bits per heavy atom. The second-order valence-corrected chi connectivity index (χ2v) is 3.42. The molecule has 2 aromatic rings. The summed E-state index contributed by atoms with van der Waals surface area (Å²) in [6.07, 6.45) is 0. The van der Waals surface area contributed by atoms with Gasteiger partial charge in [0.05, 0.1) is 0 Å². The van der Waals surface area contributed by atoms with E-state index in [2.05, 4.69) is 15.0 Å². The lowest BCUT2D eigenvalue weighted by Crippen LogP contribution is -1.99. The van der Waals surface area contributed by atoms with E-state index >= 15 is 0 Å². The molecule has 76 valence electrons. The number of aryl methyl sites for hydroxylation is 2. The largest absolute Gasteiger partial charge is 0.384 e. The van der Waals surface area contributed by atoms with Crippen LogP contribution in [0.4, 0.5) is 5.82 Å². The summed E-state index contributed by atoms with van der Waals surface area (Å²) < 4.78 is 0. The summed E-state index contributed by atoms with van der Waals surface area (Å²) in [6.45, 7) is 3.82. The minimum atomic E-state index is 0.473. The smallest absolute Gasteiger partial charge is 0.180 e. The van der Waals surface area contributed by atoms with Crippen LogP contribution >= 0.6 is 0 Å². The molecule has 0 spiro atoms. The molecule has 0 saturated heterocycles. The van der Waals surface area contributed by atoms with E-state index in [9.17, 15) is 0 Å². The van der Waals surface area contributed by atoms with Crippen LogP contribution in [-0.2, 0) is 0 Å². The number of pyridine rings is 1. The number of hydrogen-bond donors (Lipinski definition) is 1. The van der Waals surface area contributed by atoms with Crippen LogP contribution < -0.4 is 5.73 Å². The molecule has 2 rings (SSSR count). The molecule has 2 heterocycles. The highest BCUT2D eigenvalue weighted by Gasteiger charge is 2.04. The molecule has 0 radical (unpaired) electrons. The summed E-state index contributed by atoms with van der Waals surface area (Å²) in [5, 5.41) is 0. The van der Waals surface area contributed by atoms with Crippen molar-refractivity contribution in [2.75, 3.05) is 5.73 Å². The van der Waals surface area contributed by atoms with E-state index in [1.807, 2.05) is 32.0 Å². The van der Waals surface area contributed by atoms with Gasteiger partial charge in [-0.15, -0.1) is 0 Å². The fourth-order valence-corrected chi connectivity index (χ4v) is 1.38. The number of anilines is 1. The van der Waals surface area contributed by atoms with Crippen LogP contribution in [-0.4, -0.2) is 15.0 Å². The summed E-state index contributed by atoms with van der Waals surface area (Å²) in [5.41, 5.74) is 8.20. The van der Waals surface area contributed by atoms with Crippen LogP contribution in [0.15, 0.2) is 24.3 Å². The second kappa shape index (κ2) is 3.65. The van der Waals surface area contributed by atoms with Crippen LogP contribution in [0.5, 0.6) is 0 Å². The summed E-state index contributed by atoms with van der Waals surface area (Å²) in [4.78, 5) is 12.8. The summed E-state index contributed by atoms with van der Waals surface area (Å²) >= 11 is 0. The van der Waals surface area contributed by atoms with Crippen molar-refractivity contribution in [1.82, 2.24) is 15.0 Å². The first-order valence-electron chi connectivity index (χ1n) is 4.70. The Labute approximate surface area is 88.2 Å². The van der Waals surface area contributed by atoms with Crippen molar-refractivity contribution in [3.8, 4) is 11.5 Å². The quantitative estimate of drug-likeness (QED) is 0.761. The second-order valence-electron chi connectivity index (χ2n) is 3.42. The van der Waals surface area contributed by atoms with Gasteiger partial charge in [-0.25, -0.2) is 15.0 Å². The van der Waals surface area contributed by atoms with Crippen LogP contribution in [0, 0.1) is 13.8 Å². The molecule has 0 aliphatic carbocycles. The van der Waals surface area contributed by atoms with Crippen molar-refractivity contribution in [2.45, 2.75) is 13.8 Å². The van der Waals surface area contributed by atoms with Gasteiger partial charge >= 0.3 is 0 Å². The molecule has 0 atom stereocenters. The van der Waals surface area contributed by atoms with E-state index in [-0.39, 0.29) is 0 Å². The fraction of sp³-hybridized carbons (Fsp3) is 0.182. The van der Waals surface area contributed by atoms with Crippen LogP contribution in [0.1, 0.15) is 11.4 Å². The molecule has 4 nitrogen and oxygen atoms in total. The van der Waals surface area contributed by atoms with Crippen LogP contribution in [0.3, 0.4) is 0 Å². The third-order valence-corrected chi connectivity index (χ3v) is 1.99. The zero-order valence-electron chi connectivity index (χ0n) is 8.73. The van der Waals surface area contributed by atoms with E-state index in [0.717, 1.165) is 17.1 Å². The Hall–Kier alpha value is -1.97. The highest BCUT2D eigenvalue weighted by Crippen LogP contribution is 2.14. The van der Waals surface area contributed by atoms with Crippen molar-refractivity contribution in [3.05, 3.63) is 35.7 Å². The lowest BCUT2D eigenvalue weighted by Gasteiger charge is -2.02. The molecule has 2 N–H and O–H groups in total.